The van der Waals surface area contributed by atoms with Crippen LogP contribution in [0, 0.1) is 0 Å². The molecule has 2 aliphatic heterocycles. The predicted molar refractivity (Wildman–Crippen MR) is 69.8 cm³/mol. The summed E-state index contributed by atoms with van der Waals surface area (Å²) in [6.07, 6.45) is 9.82. The monoisotopic (exact) mass is 224 g/mol. The maximum atomic E-state index is 3.69. The zero-order chi connectivity index (χ0) is 11.4. The van der Waals surface area contributed by atoms with Gasteiger partial charge in [-0.1, -0.05) is 13.3 Å². The summed E-state index contributed by atoms with van der Waals surface area (Å²) in [5, 5.41) is 3.69. The van der Waals surface area contributed by atoms with Gasteiger partial charge < -0.3 is 10.2 Å². The van der Waals surface area contributed by atoms with E-state index in [-0.39, 0.29) is 0 Å². The first-order chi connectivity index (χ1) is 7.73. The first-order valence-electron chi connectivity index (χ1n) is 7.22. The number of likely N-dealkylation sites (tertiary alicyclic amines) is 1. The molecule has 0 radical (unpaired) electrons. The van der Waals surface area contributed by atoms with Crippen LogP contribution in [0.5, 0.6) is 0 Å². The standard InChI is InChI=1S/C14H28N2/c1-3-16-12-5-4-7-13(16)8-10-14(2)9-6-11-15-14/h13,15H,3-12H2,1-2H3. The highest BCUT2D eigenvalue weighted by atomic mass is 15.2. The van der Waals surface area contributed by atoms with E-state index in [0.717, 1.165) is 6.04 Å². The normalized spacial score (nSPS) is 36.8. The second-order valence-corrected chi connectivity index (χ2v) is 5.91. The third-order valence-corrected chi connectivity index (χ3v) is 4.64. The van der Waals surface area contributed by atoms with Crippen molar-refractivity contribution < 1.29 is 0 Å². The molecule has 0 amide bonds. The third kappa shape index (κ3) is 2.98. The van der Waals surface area contributed by atoms with E-state index in [0.29, 0.717) is 5.54 Å². The predicted octanol–water partition coefficient (Wildman–Crippen LogP) is 2.78. The molecule has 0 bridgehead atoms. The minimum Gasteiger partial charge on any atom is -0.312 e. The van der Waals surface area contributed by atoms with Gasteiger partial charge >= 0.3 is 0 Å². The van der Waals surface area contributed by atoms with Crippen LogP contribution in [-0.2, 0) is 0 Å². The molecule has 2 heterocycles. The Hall–Kier alpha value is -0.0800. The molecule has 0 aromatic rings. The average Bonchev–Trinajstić information content (AvgIpc) is 2.74. The van der Waals surface area contributed by atoms with E-state index in [1.807, 2.05) is 0 Å². The van der Waals surface area contributed by atoms with Gasteiger partial charge in [-0.2, -0.15) is 0 Å². The van der Waals surface area contributed by atoms with Gasteiger partial charge in [-0.15, -0.1) is 0 Å². The Labute approximate surface area is 101 Å². The van der Waals surface area contributed by atoms with Crippen LogP contribution in [0.3, 0.4) is 0 Å². The van der Waals surface area contributed by atoms with E-state index in [1.54, 1.807) is 0 Å². The molecule has 2 saturated heterocycles. The smallest absolute Gasteiger partial charge is 0.0154 e. The molecule has 2 atom stereocenters. The lowest BCUT2D eigenvalue weighted by molar-refractivity contribution is 0.137. The SMILES string of the molecule is CCN1CCCCC1CCC1(C)CCCN1. The van der Waals surface area contributed by atoms with Gasteiger partial charge in [0, 0.05) is 11.6 Å². The highest BCUT2D eigenvalue weighted by molar-refractivity contribution is 4.90. The van der Waals surface area contributed by atoms with Crippen LogP contribution >= 0.6 is 0 Å². The Morgan fingerprint density at radius 1 is 1.31 bits per heavy atom. The lowest BCUT2D eigenvalue weighted by atomic mass is 9.89. The summed E-state index contributed by atoms with van der Waals surface area (Å²) < 4.78 is 0. The highest BCUT2D eigenvalue weighted by Gasteiger charge is 2.30. The van der Waals surface area contributed by atoms with Crippen LogP contribution in [0.1, 0.15) is 58.8 Å². The molecular formula is C14H28N2. The van der Waals surface area contributed by atoms with Gasteiger partial charge in [0.2, 0.25) is 0 Å². The zero-order valence-electron chi connectivity index (χ0n) is 11.1. The molecule has 1 N–H and O–H groups in total. The number of nitrogens with one attached hydrogen (secondary N) is 1. The summed E-state index contributed by atoms with van der Waals surface area (Å²) in [5.74, 6) is 0. The molecule has 0 aromatic heterocycles. The van der Waals surface area contributed by atoms with Crippen molar-refractivity contribution in [2.24, 2.45) is 0 Å². The summed E-state index contributed by atoms with van der Waals surface area (Å²) in [6, 6.07) is 0.873. The number of rotatable bonds is 4. The lowest BCUT2D eigenvalue weighted by Crippen LogP contribution is -2.42. The van der Waals surface area contributed by atoms with E-state index in [2.05, 4.69) is 24.1 Å². The molecule has 0 aromatic carbocycles. The minimum absolute atomic E-state index is 0.455. The molecule has 2 unspecified atom stereocenters. The van der Waals surface area contributed by atoms with Crippen LogP contribution in [0.4, 0.5) is 0 Å². The molecule has 94 valence electrons. The van der Waals surface area contributed by atoms with Gasteiger partial charge in [-0.05, 0) is 65.1 Å². The molecule has 0 saturated carbocycles. The number of hydrogen-bond donors (Lipinski definition) is 1. The second kappa shape index (κ2) is 5.50. The molecule has 16 heavy (non-hydrogen) atoms. The Kier molecular flexibility index (Phi) is 4.26. The molecular weight excluding hydrogens is 196 g/mol. The highest BCUT2D eigenvalue weighted by Crippen LogP contribution is 2.28. The topological polar surface area (TPSA) is 15.3 Å². The quantitative estimate of drug-likeness (QED) is 0.790. The Bertz CT molecular complexity index is 209. The van der Waals surface area contributed by atoms with Crippen molar-refractivity contribution in [3.05, 3.63) is 0 Å². The first-order valence-corrected chi connectivity index (χ1v) is 7.22. The van der Waals surface area contributed by atoms with Gasteiger partial charge in [0.1, 0.15) is 0 Å². The fourth-order valence-electron chi connectivity index (χ4n) is 3.46. The Morgan fingerprint density at radius 3 is 2.88 bits per heavy atom. The number of piperidine rings is 1. The maximum Gasteiger partial charge on any atom is 0.0154 e. The van der Waals surface area contributed by atoms with Crippen molar-refractivity contribution in [1.29, 1.82) is 0 Å². The second-order valence-electron chi connectivity index (χ2n) is 5.91. The van der Waals surface area contributed by atoms with E-state index < -0.39 is 0 Å². The fraction of sp³-hybridized carbons (Fsp3) is 1.00. The van der Waals surface area contributed by atoms with Crippen molar-refractivity contribution >= 4 is 0 Å². The van der Waals surface area contributed by atoms with E-state index in [4.69, 9.17) is 0 Å². The van der Waals surface area contributed by atoms with E-state index in [1.165, 1.54) is 64.6 Å². The third-order valence-electron chi connectivity index (χ3n) is 4.64. The number of nitrogens with zero attached hydrogens (tertiary/aromatic N) is 1. The maximum absolute atomic E-state index is 3.69. The van der Waals surface area contributed by atoms with Crippen LogP contribution in [0.15, 0.2) is 0 Å². The Balaban J connectivity index is 1.79. The van der Waals surface area contributed by atoms with Gasteiger partial charge in [-0.25, -0.2) is 0 Å². The Morgan fingerprint density at radius 2 is 2.19 bits per heavy atom. The van der Waals surface area contributed by atoms with Gasteiger partial charge in [-0.3, -0.25) is 0 Å². The first kappa shape index (κ1) is 12.4. The lowest BCUT2D eigenvalue weighted by Gasteiger charge is -2.37. The van der Waals surface area contributed by atoms with Crippen molar-refractivity contribution in [2.45, 2.75) is 70.4 Å². The summed E-state index contributed by atoms with van der Waals surface area (Å²) in [7, 11) is 0. The summed E-state index contributed by atoms with van der Waals surface area (Å²) in [4.78, 5) is 2.70. The molecule has 0 aliphatic carbocycles. The van der Waals surface area contributed by atoms with Crippen molar-refractivity contribution in [3.63, 3.8) is 0 Å². The van der Waals surface area contributed by atoms with Crippen LogP contribution in [0.2, 0.25) is 0 Å². The largest absolute Gasteiger partial charge is 0.312 e. The zero-order valence-corrected chi connectivity index (χ0v) is 11.1. The van der Waals surface area contributed by atoms with Crippen molar-refractivity contribution in [3.8, 4) is 0 Å². The molecule has 2 aliphatic rings. The van der Waals surface area contributed by atoms with Crippen molar-refractivity contribution in [2.75, 3.05) is 19.6 Å². The fourth-order valence-corrected chi connectivity index (χ4v) is 3.46. The van der Waals surface area contributed by atoms with Gasteiger partial charge in [0.05, 0.1) is 0 Å². The van der Waals surface area contributed by atoms with Crippen LogP contribution < -0.4 is 5.32 Å². The summed E-state index contributed by atoms with van der Waals surface area (Å²) in [5.41, 5.74) is 0.455. The molecule has 2 rings (SSSR count). The minimum atomic E-state index is 0.455. The molecule has 2 heteroatoms. The summed E-state index contributed by atoms with van der Waals surface area (Å²) in [6.45, 7) is 8.55. The number of hydrogen-bond acceptors (Lipinski definition) is 2. The van der Waals surface area contributed by atoms with Crippen molar-refractivity contribution in [1.82, 2.24) is 10.2 Å². The van der Waals surface area contributed by atoms with Crippen LogP contribution in [0.25, 0.3) is 0 Å². The molecule has 0 spiro atoms. The van der Waals surface area contributed by atoms with E-state index in [9.17, 15) is 0 Å². The van der Waals surface area contributed by atoms with Gasteiger partial charge in [0.15, 0.2) is 0 Å². The van der Waals surface area contributed by atoms with E-state index >= 15 is 0 Å². The van der Waals surface area contributed by atoms with Gasteiger partial charge in [0.25, 0.3) is 0 Å². The summed E-state index contributed by atoms with van der Waals surface area (Å²) >= 11 is 0. The molecule has 2 fully saturated rings. The average molecular weight is 224 g/mol. The van der Waals surface area contributed by atoms with Crippen LogP contribution in [-0.4, -0.2) is 36.1 Å². The molecule has 2 nitrogen and oxygen atoms in total.